The lowest BCUT2D eigenvalue weighted by Crippen LogP contribution is -2.28. The SMILES string of the molecule is CCCCCCC(C)(C)C(=O)OOOOC(=O)C(C)(C)C. The van der Waals surface area contributed by atoms with Crippen molar-refractivity contribution >= 4 is 11.9 Å². The van der Waals surface area contributed by atoms with Gasteiger partial charge in [-0.25, -0.2) is 9.59 Å². The molecule has 0 aromatic carbocycles. The van der Waals surface area contributed by atoms with E-state index in [9.17, 15) is 9.59 Å². The summed E-state index contributed by atoms with van der Waals surface area (Å²) in [6, 6.07) is 0. The van der Waals surface area contributed by atoms with Crippen LogP contribution < -0.4 is 0 Å². The van der Waals surface area contributed by atoms with Crippen LogP contribution in [-0.4, -0.2) is 11.9 Å². The minimum Gasteiger partial charge on any atom is -0.265 e. The minimum absolute atomic E-state index is 0.564. The van der Waals surface area contributed by atoms with E-state index in [1.807, 2.05) is 0 Å². The zero-order chi connectivity index (χ0) is 16.5. The van der Waals surface area contributed by atoms with E-state index in [4.69, 9.17) is 0 Å². The molecule has 0 fully saturated rings. The Balaban J connectivity index is 3.94. The van der Waals surface area contributed by atoms with Crippen molar-refractivity contribution < 1.29 is 29.4 Å². The second kappa shape index (κ2) is 9.00. The molecule has 0 aromatic rings. The average molecular weight is 304 g/mol. The van der Waals surface area contributed by atoms with Crippen molar-refractivity contribution in [3.05, 3.63) is 0 Å². The Kier molecular flexibility index (Phi) is 8.51. The first-order valence-electron chi connectivity index (χ1n) is 7.38. The van der Waals surface area contributed by atoms with Crippen LogP contribution in [0.1, 0.15) is 73.6 Å². The van der Waals surface area contributed by atoms with Crippen LogP contribution in [0.15, 0.2) is 0 Å². The van der Waals surface area contributed by atoms with E-state index in [0.29, 0.717) is 6.42 Å². The van der Waals surface area contributed by atoms with Gasteiger partial charge in [0.05, 0.1) is 10.8 Å². The summed E-state index contributed by atoms with van der Waals surface area (Å²) in [7, 11) is 0. The highest BCUT2D eigenvalue weighted by Crippen LogP contribution is 2.26. The van der Waals surface area contributed by atoms with Gasteiger partial charge in [-0.2, -0.15) is 0 Å². The third-order valence-corrected chi connectivity index (χ3v) is 3.07. The molecule has 0 spiro atoms. The van der Waals surface area contributed by atoms with Gasteiger partial charge in [-0.1, -0.05) is 32.6 Å². The van der Waals surface area contributed by atoms with Crippen molar-refractivity contribution in [2.75, 3.05) is 0 Å². The molecule has 0 bridgehead atoms. The van der Waals surface area contributed by atoms with E-state index < -0.39 is 22.8 Å². The molecule has 124 valence electrons. The maximum absolute atomic E-state index is 11.8. The first-order valence-corrected chi connectivity index (χ1v) is 7.38. The predicted molar refractivity (Wildman–Crippen MR) is 76.3 cm³/mol. The molecular formula is C15H28O6. The molecule has 0 saturated carbocycles. The molecule has 0 saturated heterocycles. The largest absolute Gasteiger partial charge is 0.351 e. The zero-order valence-electron chi connectivity index (χ0n) is 14.0. The molecular weight excluding hydrogens is 276 g/mol. The Morgan fingerprint density at radius 1 is 0.810 bits per heavy atom. The summed E-state index contributed by atoms with van der Waals surface area (Å²) in [6.45, 7) is 10.6. The zero-order valence-corrected chi connectivity index (χ0v) is 14.0. The van der Waals surface area contributed by atoms with Gasteiger partial charge in [0.1, 0.15) is 0 Å². The molecule has 0 atom stereocenters. The molecule has 21 heavy (non-hydrogen) atoms. The lowest BCUT2D eigenvalue weighted by Gasteiger charge is -2.20. The van der Waals surface area contributed by atoms with Crippen LogP contribution >= 0.6 is 0 Å². The second-order valence-electron chi connectivity index (χ2n) is 6.82. The van der Waals surface area contributed by atoms with Crippen molar-refractivity contribution in [3.63, 3.8) is 0 Å². The van der Waals surface area contributed by atoms with Crippen LogP contribution in [0.3, 0.4) is 0 Å². The number of hydrogen-bond donors (Lipinski definition) is 0. The van der Waals surface area contributed by atoms with Crippen molar-refractivity contribution in [2.45, 2.75) is 73.6 Å². The molecule has 0 heterocycles. The van der Waals surface area contributed by atoms with Crippen molar-refractivity contribution in [1.82, 2.24) is 0 Å². The van der Waals surface area contributed by atoms with Gasteiger partial charge in [-0.3, -0.25) is 9.78 Å². The van der Waals surface area contributed by atoms with Gasteiger partial charge in [0.2, 0.25) is 0 Å². The maximum atomic E-state index is 11.8. The van der Waals surface area contributed by atoms with Crippen LogP contribution in [0, 0.1) is 10.8 Å². The quantitative estimate of drug-likeness (QED) is 0.365. The number of unbranched alkanes of at least 4 members (excludes halogenated alkanes) is 3. The van der Waals surface area contributed by atoms with Crippen molar-refractivity contribution in [2.24, 2.45) is 10.8 Å². The van der Waals surface area contributed by atoms with Gasteiger partial charge >= 0.3 is 11.9 Å². The van der Waals surface area contributed by atoms with Gasteiger partial charge in [-0.15, -0.1) is 0 Å². The average Bonchev–Trinajstić information content (AvgIpc) is 2.38. The highest BCUT2D eigenvalue weighted by molar-refractivity contribution is 5.75. The van der Waals surface area contributed by atoms with Crippen molar-refractivity contribution in [3.8, 4) is 0 Å². The van der Waals surface area contributed by atoms with E-state index in [2.05, 4.69) is 26.8 Å². The van der Waals surface area contributed by atoms with Crippen LogP contribution in [0.2, 0.25) is 0 Å². The van der Waals surface area contributed by atoms with E-state index in [-0.39, 0.29) is 0 Å². The predicted octanol–water partition coefficient (Wildman–Crippen LogP) is 3.89. The van der Waals surface area contributed by atoms with Crippen LogP contribution in [-0.2, 0) is 29.4 Å². The molecule has 0 aromatic heterocycles. The lowest BCUT2D eigenvalue weighted by atomic mass is 9.87. The summed E-state index contributed by atoms with van der Waals surface area (Å²) in [5, 5.41) is 8.32. The molecule has 0 unspecified atom stereocenters. The van der Waals surface area contributed by atoms with Gasteiger partial charge < -0.3 is 0 Å². The molecule has 0 N–H and O–H groups in total. The van der Waals surface area contributed by atoms with Gasteiger partial charge in [0, 0.05) is 10.1 Å². The Labute approximate surface area is 126 Å². The second-order valence-corrected chi connectivity index (χ2v) is 6.82. The monoisotopic (exact) mass is 304 g/mol. The molecule has 0 aliphatic carbocycles. The topological polar surface area (TPSA) is 71.1 Å². The third kappa shape index (κ3) is 8.67. The van der Waals surface area contributed by atoms with Crippen molar-refractivity contribution in [1.29, 1.82) is 0 Å². The Bertz CT molecular complexity index is 330. The molecule has 6 nitrogen and oxygen atoms in total. The summed E-state index contributed by atoms with van der Waals surface area (Å²) in [5.41, 5.74) is -1.41. The number of hydrogen-bond acceptors (Lipinski definition) is 6. The third-order valence-electron chi connectivity index (χ3n) is 3.07. The standard InChI is InChI=1S/C15H28O6/c1-7-8-9-10-11-15(5,6)13(17)19-21-20-18-12(16)14(2,3)4/h7-11H2,1-6H3. The fourth-order valence-corrected chi connectivity index (χ4v) is 1.42. The van der Waals surface area contributed by atoms with Gasteiger partial charge in [0.25, 0.3) is 0 Å². The summed E-state index contributed by atoms with van der Waals surface area (Å²) in [5.74, 6) is -1.19. The number of carbonyl (C=O) groups excluding carboxylic acids is 2. The smallest absolute Gasteiger partial charge is 0.265 e. The first kappa shape index (κ1) is 19.9. The summed E-state index contributed by atoms with van der Waals surface area (Å²) in [4.78, 5) is 32.0. The summed E-state index contributed by atoms with van der Waals surface area (Å²) in [6.07, 6.45) is 5.00. The fourth-order valence-electron chi connectivity index (χ4n) is 1.42. The lowest BCUT2D eigenvalue weighted by molar-refractivity contribution is -0.602. The molecule has 0 rings (SSSR count). The van der Waals surface area contributed by atoms with E-state index in [0.717, 1.165) is 25.7 Å². The Morgan fingerprint density at radius 3 is 1.81 bits per heavy atom. The molecule has 0 radical (unpaired) electrons. The first-order chi connectivity index (χ1) is 9.61. The highest BCUT2D eigenvalue weighted by atomic mass is 17.7. The normalized spacial score (nSPS) is 12.1. The van der Waals surface area contributed by atoms with Crippen LogP contribution in [0.4, 0.5) is 0 Å². The van der Waals surface area contributed by atoms with Gasteiger partial charge in [0.15, 0.2) is 0 Å². The fraction of sp³-hybridized carbons (Fsp3) is 0.867. The van der Waals surface area contributed by atoms with Gasteiger partial charge in [-0.05, 0) is 41.0 Å². The van der Waals surface area contributed by atoms with Crippen LogP contribution in [0.25, 0.3) is 0 Å². The molecule has 6 heteroatoms. The molecule has 0 amide bonds. The molecule has 0 aliphatic heterocycles. The minimum atomic E-state index is -0.730. The van der Waals surface area contributed by atoms with E-state index in [1.165, 1.54) is 0 Å². The Morgan fingerprint density at radius 2 is 1.33 bits per heavy atom. The highest BCUT2D eigenvalue weighted by Gasteiger charge is 2.31. The number of carbonyl (C=O) groups is 2. The Hall–Kier alpha value is -1.14. The summed E-state index contributed by atoms with van der Waals surface area (Å²) < 4.78 is 0. The maximum Gasteiger partial charge on any atom is 0.351 e. The van der Waals surface area contributed by atoms with Crippen LogP contribution in [0.5, 0.6) is 0 Å². The van der Waals surface area contributed by atoms with E-state index >= 15 is 0 Å². The van der Waals surface area contributed by atoms with E-state index in [1.54, 1.807) is 34.6 Å². The summed E-state index contributed by atoms with van der Waals surface area (Å²) >= 11 is 0. The number of rotatable bonds is 9. The molecule has 0 aliphatic rings.